The fraction of sp³-hybridized carbons (Fsp3) is 0.778. The molecule has 0 rings (SSSR count). The van der Waals surface area contributed by atoms with E-state index in [4.69, 9.17) is 5.26 Å². The van der Waals surface area contributed by atoms with E-state index >= 15 is 0 Å². The SMILES string of the molecule is CCOOOC(=O)CCC(C#N)CC. The van der Waals surface area contributed by atoms with Crippen molar-refractivity contribution in [1.29, 1.82) is 5.26 Å². The third kappa shape index (κ3) is 6.40. The number of rotatable bonds is 7. The summed E-state index contributed by atoms with van der Waals surface area (Å²) in [6, 6.07) is 2.09. The number of carbonyl (C=O) groups excluding carboxylic acids is 1. The van der Waals surface area contributed by atoms with Crippen molar-refractivity contribution in [1.82, 2.24) is 0 Å². The number of hydrogen-bond acceptors (Lipinski definition) is 5. The van der Waals surface area contributed by atoms with Gasteiger partial charge in [0.25, 0.3) is 0 Å². The monoisotopic (exact) mass is 201 g/mol. The van der Waals surface area contributed by atoms with Crippen LogP contribution in [0.25, 0.3) is 0 Å². The van der Waals surface area contributed by atoms with E-state index in [9.17, 15) is 4.79 Å². The van der Waals surface area contributed by atoms with E-state index in [1.807, 2.05) is 6.92 Å². The van der Waals surface area contributed by atoms with Crippen molar-refractivity contribution in [3.8, 4) is 6.07 Å². The van der Waals surface area contributed by atoms with Gasteiger partial charge < -0.3 is 0 Å². The predicted octanol–water partition coefficient (Wildman–Crippen LogP) is 1.74. The Morgan fingerprint density at radius 3 is 2.71 bits per heavy atom. The first kappa shape index (κ1) is 12.9. The highest BCUT2D eigenvalue weighted by Gasteiger charge is 2.10. The molecule has 0 saturated carbocycles. The molecule has 0 radical (unpaired) electrons. The van der Waals surface area contributed by atoms with Gasteiger partial charge in [-0.25, -0.2) is 4.79 Å². The highest BCUT2D eigenvalue weighted by Crippen LogP contribution is 2.09. The van der Waals surface area contributed by atoms with Crippen LogP contribution in [0.15, 0.2) is 0 Å². The Labute approximate surface area is 83.4 Å². The fourth-order valence-corrected chi connectivity index (χ4v) is 0.804. The first-order valence-corrected chi connectivity index (χ1v) is 4.63. The summed E-state index contributed by atoms with van der Waals surface area (Å²) in [5, 5.41) is 12.7. The van der Waals surface area contributed by atoms with Crippen LogP contribution in [-0.4, -0.2) is 12.6 Å². The van der Waals surface area contributed by atoms with Gasteiger partial charge in [-0.1, -0.05) is 6.92 Å². The molecule has 80 valence electrons. The summed E-state index contributed by atoms with van der Waals surface area (Å²) in [5.41, 5.74) is 0. The Morgan fingerprint density at radius 2 is 2.21 bits per heavy atom. The van der Waals surface area contributed by atoms with Crippen molar-refractivity contribution < 1.29 is 19.6 Å². The third-order valence-corrected chi connectivity index (χ3v) is 1.67. The molecule has 0 aliphatic heterocycles. The van der Waals surface area contributed by atoms with Gasteiger partial charge in [0.05, 0.1) is 19.1 Å². The van der Waals surface area contributed by atoms with Crippen molar-refractivity contribution in [3.63, 3.8) is 0 Å². The van der Waals surface area contributed by atoms with E-state index in [1.54, 1.807) is 6.92 Å². The summed E-state index contributed by atoms with van der Waals surface area (Å²) in [6.07, 6.45) is 1.39. The number of hydrogen-bond donors (Lipinski definition) is 0. The minimum absolute atomic E-state index is 0.102. The van der Waals surface area contributed by atoms with Gasteiger partial charge in [0, 0.05) is 5.92 Å². The quantitative estimate of drug-likeness (QED) is 0.356. The van der Waals surface area contributed by atoms with E-state index in [1.165, 1.54) is 0 Å². The lowest BCUT2D eigenvalue weighted by Crippen LogP contribution is -2.08. The first-order valence-electron chi connectivity index (χ1n) is 4.63. The molecular weight excluding hydrogens is 186 g/mol. The summed E-state index contributed by atoms with van der Waals surface area (Å²) in [7, 11) is 0. The van der Waals surface area contributed by atoms with Gasteiger partial charge in [0.15, 0.2) is 0 Å². The molecule has 0 amide bonds. The molecule has 1 unspecified atom stereocenters. The molecule has 0 heterocycles. The second-order valence-electron chi connectivity index (χ2n) is 2.70. The van der Waals surface area contributed by atoms with Crippen LogP contribution in [0, 0.1) is 17.2 Å². The molecule has 0 N–H and O–H groups in total. The van der Waals surface area contributed by atoms with Crippen LogP contribution < -0.4 is 0 Å². The smallest absolute Gasteiger partial charge is 0.269 e. The number of carbonyl (C=O) groups is 1. The Bertz CT molecular complexity index is 199. The van der Waals surface area contributed by atoms with Gasteiger partial charge in [0.2, 0.25) is 0 Å². The van der Waals surface area contributed by atoms with Gasteiger partial charge in [-0.3, -0.25) is 4.89 Å². The van der Waals surface area contributed by atoms with Crippen LogP contribution in [0.1, 0.15) is 33.1 Å². The molecule has 0 aromatic rings. The van der Waals surface area contributed by atoms with Gasteiger partial charge >= 0.3 is 5.97 Å². The highest BCUT2D eigenvalue weighted by atomic mass is 17.5. The van der Waals surface area contributed by atoms with Crippen molar-refractivity contribution >= 4 is 5.97 Å². The molecule has 0 aliphatic rings. The van der Waals surface area contributed by atoms with Crippen molar-refractivity contribution in [2.75, 3.05) is 6.61 Å². The van der Waals surface area contributed by atoms with Crippen molar-refractivity contribution in [3.05, 3.63) is 0 Å². The summed E-state index contributed by atoms with van der Waals surface area (Å²) in [5.74, 6) is -0.623. The zero-order valence-electron chi connectivity index (χ0n) is 8.49. The van der Waals surface area contributed by atoms with Crippen LogP contribution >= 0.6 is 0 Å². The molecule has 0 saturated heterocycles. The summed E-state index contributed by atoms with van der Waals surface area (Å²) in [4.78, 5) is 19.5. The Kier molecular flexibility index (Phi) is 7.80. The Balaban J connectivity index is 3.48. The van der Waals surface area contributed by atoms with Crippen LogP contribution in [-0.2, 0) is 19.6 Å². The minimum atomic E-state index is -0.521. The summed E-state index contributed by atoms with van der Waals surface area (Å²) in [6.45, 7) is 3.91. The lowest BCUT2D eigenvalue weighted by atomic mass is 10.0. The van der Waals surface area contributed by atoms with E-state index < -0.39 is 5.97 Å². The van der Waals surface area contributed by atoms with Crippen LogP contribution in [0.3, 0.4) is 0 Å². The van der Waals surface area contributed by atoms with Crippen LogP contribution in [0.4, 0.5) is 0 Å². The topological polar surface area (TPSA) is 68.6 Å². The molecule has 0 bridgehead atoms. The Hall–Kier alpha value is -1.12. The van der Waals surface area contributed by atoms with Crippen molar-refractivity contribution in [2.24, 2.45) is 5.92 Å². The highest BCUT2D eigenvalue weighted by molar-refractivity contribution is 5.68. The minimum Gasteiger partial charge on any atom is -0.269 e. The van der Waals surface area contributed by atoms with Gasteiger partial charge in [-0.05, 0) is 24.8 Å². The van der Waals surface area contributed by atoms with Gasteiger partial charge in [0.1, 0.15) is 0 Å². The maximum atomic E-state index is 10.9. The first-order chi connectivity index (χ1) is 6.74. The molecule has 0 aliphatic carbocycles. The van der Waals surface area contributed by atoms with E-state index in [2.05, 4.69) is 20.9 Å². The zero-order valence-corrected chi connectivity index (χ0v) is 8.49. The lowest BCUT2D eigenvalue weighted by Gasteiger charge is -2.04. The third-order valence-electron chi connectivity index (χ3n) is 1.67. The average molecular weight is 201 g/mol. The zero-order chi connectivity index (χ0) is 10.8. The molecule has 0 aromatic carbocycles. The maximum absolute atomic E-state index is 10.9. The molecule has 5 nitrogen and oxygen atoms in total. The standard InChI is InChI=1S/C9H15NO4/c1-3-8(7-10)5-6-9(11)13-14-12-4-2/h8H,3-6H2,1-2H3. The molecule has 5 heteroatoms. The molecule has 0 spiro atoms. The summed E-state index contributed by atoms with van der Waals surface area (Å²) < 4.78 is 0. The van der Waals surface area contributed by atoms with Crippen LogP contribution in [0.5, 0.6) is 0 Å². The lowest BCUT2D eigenvalue weighted by molar-refractivity contribution is -0.485. The number of nitrogens with zero attached hydrogens (tertiary/aromatic N) is 1. The fourth-order valence-electron chi connectivity index (χ4n) is 0.804. The second-order valence-corrected chi connectivity index (χ2v) is 2.70. The second kappa shape index (κ2) is 8.48. The molecular formula is C9H15NO4. The number of nitriles is 1. The summed E-state index contributed by atoms with van der Waals surface area (Å²) >= 11 is 0. The maximum Gasteiger partial charge on any atom is 0.345 e. The largest absolute Gasteiger partial charge is 0.345 e. The van der Waals surface area contributed by atoms with Crippen LogP contribution in [0.2, 0.25) is 0 Å². The normalized spacial score (nSPS) is 11.8. The van der Waals surface area contributed by atoms with Crippen molar-refractivity contribution in [2.45, 2.75) is 33.1 Å². The Morgan fingerprint density at radius 1 is 1.50 bits per heavy atom. The molecule has 0 fully saturated rings. The average Bonchev–Trinajstić information content (AvgIpc) is 2.20. The van der Waals surface area contributed by atoms with E-state index in [0.717, 1.165) is 6.42 Å². The van der Waals surface area contributed by atoms with E-state index in [-0.39, 0.29) is 12.3 Å². The molecule has 0 aromatic heterocycles. The van der Waals surface area contributed by atoms with Gasteiger partial charge in [-0.15, -0.1) is 0 Å². The predicted molar refractivity (Wildman–Crippen MR) is 47.4 cm³/mol. The molecule has 1 atom stereocenters. The van der Waals surface area contributed by atoms with E-state index in [0.29, 0.717) is 13.0 Å². The molecule has 14 heavy (non-hydrogen) atoms. The van der Waals surface area contributed by atoms with Gasteiger partial charge in [-0.2, -0.15) is 10.1 Å².